The number of hydrogen-bond donors (Lipinski definition) is 0. The maximum Gasteiger partial charge on any atom is 0.345 e. The second-order valence-corrected chi connectivity index (χ2v) is 13.7. The molecule has 0 radical (unpaired) electrons. The molecule has 1 aromatic carbocycles. The molecule has 0 saturated heterocycles. The zero-order valence-electron chi connectivity index (χ0n) is 26.3. The van der Waals surface area contributed by atoms with Crippen molar-refractivity contribution in [2.75, 3.05) is 31.8 Å². The van der Waals surface area contributed by atoms with Gasteiger partial charge in [-0.1, -0.05) is 13.0 Å². The van der Waals surface area contributed by atoms with Gasteiger partial charge in [0.1, 0.15) is 17.6 Å². The van der Waals surface area contributed by atoms with E-state index in [9.17, 15) is 10.1 Å². The first-order chi connectivity index (χ1) is 19.9. The summed E-state index contributed by atoms with van der Waals surface area (Å²) in [4.78, 5) is 16.9. The minimum absolute atomic E-state index is 0.0781. The Labute approximate surface area is 255 Å². The van der Waals surface area contributed by atoms with E-state index in [1.807, 2.05) is 12.1 Å². The van der Waals surface area contributed by atoms with Crippen molar-refractivity contribution in [1.29, 1.82) is 0 Å². The van der Waals surface area contributed by atoms with Crippen molar-refractivity contribution in [3.8, 4) is 5.75 Å². The summed E-state index contributed by atoms with van der Waals surface area (Å²) in [6, 6.07) is 4.65. The standard InChI is InChI=1S/C29H45N6O5PS/c1-10-14-39-41(34(20(2)3)21(4)5)40-15-12-11-13-33-25-17-26(38-9)24(16-23(25)22(6)18-29(33,7)8)31-32-28-30-19-27(42-28)35(36)37/h16-21H,10-15H2,1-9H3. The summed E-state index contributed by atoms with van der Waals surface area (Å²) in [6.07, 6.45) is 6.27. The van der Waals surface area contributed by atoms with Gasteiger partial charge in [-0.05, 0) is 90.7 Å². The summed E-state index contributed by atoms with van der Waals surface area (Å²) in [7, 11) is 0.498. The Morgan fingerprint density at radius 3 is 2.43 bits per heavy atom. The highest BCUT2D eigenvalue weighted by molar-refractivity contribution is 7.44. The molecule has 0 fully saturated rings. The van der Waals surface area contributed by atoms with Crippen LogP contribution in [0, 0.1) is 10.1 Å². The monoisotopic (exact) mass is 620 g/mol. The van der Waals surface area contributed by atoms with E-state index in [0.717, 1.165) is 54.0 Å². The quantitative estimate of drug-likeness (QED) is 0.0600. The molecule has 1 aromatic heterocycles. The van der Waals surface area contributed by atoms with E-state index < -0.39 is 13.4 Å². The number of nitro groups is 1. The van der Waals surface area contributed by atoms with E-state index >= 15 is 0 Å². The lowest BCUT2D eigenvalue weighted by molar-refractivity contribution is -0.380. The number of unbranched alkanes of at least 4 members (excludes halogenated alkanes) is 1. The van der Waals surface area contributed by atoms with Gasteiger partial charge in [0.2, 0.25) is 5.13 Å². The number of azo groups is 1. The molecule has 1 aliphatic rings. The molecule has 13 heteroatoms. The normalized spacial score (nSPS) is 15.5. The second kappa shape index (κ2) is 15.3. The predicted molar refractivity (Wildman–Crippen MR) is 171 cm³/mol. The van der Waals surface area contributed by atoms with E-state index in [2.05, 4.69) is 86.2 Å². The Hall–Kier alpha value is -2.50. The van der Waals surface area contributed by atoms with Gasteiger partial charge in [-0.15, -0.1) is 10.2 Å². The number of benzene rings is 1. The smallest absolute Gasteiger partial charge is 0.345 e. The summed E-state index contributed by atoms with van der Waals surface area (Å²) in [5.74, 6) is 0.573. The molecule has 1 atom stereocenters. The van der Waals surface area contributed by atoms with Gasteiger partial charge >= 0.3 is 5.00 Å². The topological polar surface area (TPSA) is 115 Å². The van der Waals surface area contributed by atoms with Crippen LogP contribution in [0.25, 0.3) is 5.57 Å². The van der Waals surface area contributed by atoms with Gasteiger partial charge < -0.3 is 18.7 Å². The van der Waals surface area contributed by atoms with Crippen LogP contribution in [0.1, 0.15) is 80.2 Å². The van der Waals surface area contributed by atoms with Gasteiger partial charge in [0.05, 0.1) is 30.8 Å². The number of rotatable bonds is 16. The van der Waals surface area contributed by atoms with Crippen molar-refractivity contribution in [3.05, 3.63) is 40.1 Å². The van der Waals surface area contributed by atoms with E-state index in [1.54, 1.807) is 7.11 Å². The molecule has 3 rings (SSSR count). The molecular weight excluding hydrogens is 575 g/mol. The maximum absolute atomic E-state index is 11.0. The summed E-state index contributed by atoms with van der Waals surface area (Å²) in [5.41, 5.74) is 3.59. The molecule has 0 bridgehead atoms. The number of hydrogen-bond acceptors (Lipinski definition) is 11. The molecule has 2 heterocycles. The number of methoxy groups -OCH3 is 1. The van der Waals surface area contributed by atoms with Crippen LogP contribution >= 0.6 is 19.9 Å². The van der Waals surface area contributed by atoms with Crippen LogP contribution in [0.4, 0.5) is 21.5 Å². The molecule has 11 nitrogen and oxygen atoms in total. The summed E-state index contributed by atoms with van der Waals surface area (Å²) >= 11 is 0.875. The van der Waals surface area contributed by atoms with E-state index in [4.69, 9.17) is 13.8 Å². The van der Waals surface area contributed by atoms with Gasteiger partial charge in [0, 0.05) is 35.9 Å². The van der Waals surface area contributed by atoms with E-state index in [1.165, 1.54) is 6.20 Å². The fraction of sp³-hybridized carbons (Fsp3) is 0.621. The van der Waals surface area contributed by atoms with Crippen LogP contribution in [0.5, 0.6) is 5.75 Å². The summed E-state index contributed by atoms with van der Waals surface area (Å²) < 4.78 is 20.5. The SMILES string of the molecule is CCCOP(OCCCCN1c2cc(OC)c(N=Nc3ncc([N+](=O)[O-])s3)cc2C(C)=CC1(C)C)N(C(C)C)C(C)C. The highest BCUT2D eigenvalue weighted by Gasteiger charge is 2.32. The minimum atomic E-state index is -1.10. The van der Waals surface area contributed by atoms with Crippen molar-refractivity contribution in [1.82, 2.24) is 9.65 Å². The molecule has 0 aliphatic carbocycles. The van der Waals surface area contributed by atoms with Crippen molar-refractivity contribution < 1.29 is 18.7 Å². The number of ether oxygens (including phenoxy) is 1. The molecule has 1 aliphatic heterocycles. The number of fused-ring (bicyclic) bond motifs is 1. The third-order valence-electron chi connectivity index (χ3n) is 6.81. The summed E-state index contributed by atoms with van der Waals surface area (Å²) in [5, 5.41) is 19.6. The third kappa shape index (κ3) is 8.54. The second-order valence-electron chi connectivity index (χ2n) is 11.3. The Balaban J connectivity index is 1.74. The van der Waals surface area contributed by atoms with Crippen LogP contribution in [0.2, 0.25) is 0 Å². The molecule has 0 N–H and O–H groups in total. The van der Waals surface area contributed by atoms with Crippen LogP contribution in [0.15, 0.2) is 34.6 Å². The lowest BCUT2D eigenvalue weighted by atomic mass is 9.88. The number of aromatic nitrogens is 1. The van der Waals surface area contributed by atoms with E-state index in [0.29, 0.717) is 36.7 Å². The Kier molecular flexibility index (Phi) is 12.4. The minimum Gasteiger partial charge on any atom is -0.494 e. The van der Waals surface area contributed by atoms with Crippen molar-refractivity contribution in [3.63, 3.8) is 0 Å². The van der Waals surface area contributed by atoms with Gasteiger partial charge in [-0.3, -0.25) is 10.1 Å². The highest BCUT2D eigenvalue weighted by Crippen LogP contribution is 2.47. The van der Waals surface area contributed by atoms with Crippen molar-refractivity contribution >= 4 is 46.9 Å². The molecule has 42 heavy (non-hydrogen) atoms. The first-order valence-corrected chi connectivity index (χ1v) is 16.4. The van der Waals surface area contributed by atoms with Crippen LogP contribution < -0.4 is 9.64 Å². The first-order valence-electron chi connectivity index (χ1n) is 14.4. The molecule has 232 valence electrons. The maximum atomic E-state index is 11.0. The fourth-order valence-corrected chi connectivity index (χ4v) is 7.33. The van der Waals surface area contributed by atoms with Crippen molar-refractivity contribution in [2.45, 2.75) is 92.3 Å². The number of anilines is 1. The average molecular weight is 621 g/mol. The number of thiazole rings is 1. The van der Waals surface area contributed by atoms with Crippen LogP contribution in [-0.4, -0.2) is 59.1 Å². The molecule has 1 unspecified atom stereocenters. The largest absolute Gasteiger partial charge is 0.494 e. The Morgan fingerprint density at radius 2 is 1.83 bits per heavy atom. The lowest BCUT2D eigenvalue weighted by Crippen LogP contribution is -2.45. The highest BCUT2D eigenvalue weighted by atomic mass is 32.1. The van der Waals surface area contributed by atoms with Gasteiger partial charge in [-0.25, -0.2) is 9.65 Å². The molecule has 0 amide bonds. The van der Waals surface area contributed by atoms with Gasteiger partial charge in [-0.2, -0.15) is 0 Å². The number of nitrogens with zero attached hydrogens (tertiary/aromatic N) is 6. The lowest BCUT2D eigenvalue weighted by Gasteiger charge is -2.43. The average Bonchev–Trinajstić information content (AvgIpc) is 3.40. The van der Waals surface area contributed by atoms with Gasteiger partial charge in [0.15, 0.2) is 0 Å². The Morgan fingerprint density at radius 1 is 1.14 bits per heavy atom. The molecule has 2 aromatic rings. The van der Waals surface area contributed by atoms with Crippen LogP contribution in [0.3, 0.4) is 0 Å². The summed E-state index contributed by atoms with van der Waals surface area (Å²) in [6.45, 7) is 19.6. The zero-order valence-corrected chi connectivity index (χ0v) is 28.0. The van der Waals surface area contributed by atoms with Crippen LogP contribution in [-0.2, 0) is 9.05 Å². The molecule has 0 saturated carbocycles. The Bertz CT molecular complexity index is 1260. The fourth-order valence-electron chi connectivity index (χ4n) is 5.05. The number of allylic oxidation sites excluding steroid dienone is 1. The first kappa shape index (κ1) is 34.0. The van der Waals surface area contributed by atoms with E-state index in [-0.39, 0.29) is 15.7 Å². The zero-order chi connectivity index (χ0) is 31.0. The third-order valence-corrected chi connectivity index (χ3v) is 9.75. The predicted octanol–water partition coefficient (Wildman–Crippen LogP) is 9.05. The van der Waals surface area contributed by atoms with Gasteiger partial charge in [0.25, 0.3) is 8.53 Å². The van der Waals surface area contributed by atoms with Crippen molar-refractivity contribution in [2.24, 2.45) is 10.2 Å². The molecular formula is C29H45N6O5PS. The molecule has 0 spiro atoms.